The summed E-state index contributed by atoms with van der Waals surface area (Å²) in [6.45, 7) is 5.11. The highest BCUT2D eigenvalue weighted by atomic mass is 16.5. The van der Waals surface area contributed by atoms with Crippen LogP contribution in [0.5, 0.6) is 0 Å². The van der Waals surface area contributed by atoms with E-state index in [2.05, 4.69) is 36.1 Å². The van der Waals surface area contributed by atoms with Crippen molar-refractivity contribution in [1.82, 2.24) is 10.1 Å². The van der Waals surface area contributed by atoms with Crippen molar-refractivity contribution in [2.24, 2.45) is 11.1 Å². The van der Waals surface area contributed by atoms with Gasteiger partial charge in [-0.05, 0) is 42.5 Å². The van der Waals surface area contributed by atoms with Gasteiger partial charge in [-0.2, -0.15) is 4.98 Å². The van der Waals surface area contributed by atoms with Crippen molar-refractivity contribution in [3.63, 3.8) is 0 Å². The fraction of sp³-hybridized carbons (Fsp3) is 0.467. The molecule has 19 heavy (non-hydrogen) atoms. The third kappa shape index (κ3) is 2.40. The fourth-order valence-electron chi connectivity index (χ4n) is 2.43. The highest BCUT2D eigenvalue weighted by Gasteiger charge is 2.49. The zero-order valence-electron chi connectivity index (χ0n) is 11.4. The van der Waals surface area contributed by atoms with Gasteiger partial charge >= 0.3 is 0 Å². The van der Waals surface area contributed by atoms with Crippen LogP contribution in [0.25, 0.3) is 11.5 Å². The minimum absolute atomic E-state index is 0.322. The molecule has 2 N–H and O–H groups in total. The molecule has 1 heterocycles. The molecule has 0 saturated heterocycles. The van der Waals surface area contributed by atoms with Crippen molar-refractivity contribution in [2.45, 2.75) is 32.6 Å². The van der Waals surface area contributed by atoms with Crippen LogP contribution in [-0.4, -0.2) is 16.7 Å². The van der Waals surface area contributed by atoms with E-state index in [9.17, 15) is 0 Å². The molecule has 1 unspecified atom stereocenters. The lowest BCUT2D eigenvalue weighted by molar-refractivity contribution is 0.419. The van der Waals surface area contributed by atoms with Crippen LogP contribution in [0.15, 0.2) is 28.8 Å². The Hall–Kier alpha value is -1.68. The maximum atomic E-state index is 5.58. The Bertz CT molecular complexity index is 589. The average Bonchev–Trinajstić information content (AvgIpc) is 2.83. The molecule has 0 amide bonds. The molecule has 0 bridgehead atoms. The van der Waals surface area contributed by atoms with Crippen LogP contribution in [0.2, 0.25) is 0 Å². The molecule has 1 aliphatic carbocycles. The van der Waals surface area contributed by atoms with Crippen molar-refractivity contribution < 1.29 is 4.52 Å². The second kappa shape index (κ2) is 4.46. The van der Waals surface area contributed by atoms with Gasteiger partial charge in [0.1, 0.15) is 0 Å². The number of aromatic nitrogens is 2. The molecule has 1 saturated carbocycles. The lowest BCUT2D eigenvalue weighted by Crippen LogP contribution is -2.02. The van der Waals surface area contributed by atoms with Crippen molar-refractivity contribution >= 4 is 0 Å². The third-order valence-corrected chi connectivity index (χ3v) is 3.87. The predicted octanol–water partition coefficient (Wildman–Crippen LogP) is 2.75. The second-order valence-electron chi connectivity index (χ2n) is 5.94. The van der Waals surface area contributed by atoms with Gasteiger partial charge in [0.15, 0.2) is 5.82 Å². The summed E-state index contributed by atoms with van der Waals surface area (Å²) >= 11 is 0. The van der Waals surface area contributed by atoms with Gasteiger partial charge in [0.2, 0.25) is 0 Å². The van der Waals surface area contributed by atoms with E-state index >= 15 is 0 Å². The number of rotatable bonds is 4. The number of benzene rings is 1. The third-order valence-electron chi connectivity index (χ3n) is 3.87. The first-order valence-electron chi connectivity index (χ1n) is 6.73. The first kappa shape index (κ1) is 12.4. The molecule has 3 rings (SSSR count). The SMILES string of the molecule is CC1(C)CC1c1noc(-c2cccc(CCN)c2)n1. The number of nitrogens with two attached hydrogens (primary N) is 1. The Labute approximate surface area is 113 Å². The van der Waals surface area contributed by atoms with Gasteiger partial charge in [0.05, 0.1) is 0 Å². The van der Waals surface area contributed by atoms with Crippen LogP contribution in [0, 0.1) is 5.41 Å². The molecule has 1 aliphatic rings. The van der Waals surface area contributed by atoms with Crippen LogP contribution in [0.1, 0.15) is 37.6 Å². The summed E-state index contributed by atoms with van der Waals surface area (Å²) in [6, 6.07) is 8.14. The predicted molar refractivity (Wildman–Crippen MR) is 73.6 cm³/mol. The summed E-state index contributed by atoms with van der Waals surface area (Å²) < 4.78 is 5.39. The van der Waals surface area contributed by atoms with E-state index in [1.807, 2.05) is 12.1 Å². The monoisotopic (exact) mass is 257 g/mol. The molecule has 4 nitrogen and oxygen atoms in total. The van der Waals surface area contributed by atoms with Gasteiger partial charge in [-0.1, -0.05) is 31.1 Å². The Morgan fingerprint density at radius 3 is 2.89 bits per heavy atom. The molecule has 4 heteroatoms. The number of hydrogen-bond donors (Lipinski definition) is 1. The van der Waals surface area contributed by atoms with Gasteiger partial charge in [0, 0.05) is 11.5 Å². The van der Waals surface area contributed by atoms with E-state index in [4.69, 9.17) is 10.3 Å². The van der Waals surface area contributed by atoms with E-state index in [1.165, 1.54) is 5.56 Å². The van der Waals surface area contributed by atoms with Gasteiger partial charge in [-0.15, -0.1) is 0 Å². The number of nitrogens with zero attached hydrogens (tertiary/aromatic N) is 2. The minimum atomic E-state index is 0.322. The Balaban J connectivity index is 1.84. The first-order chi connectivity index (χ1) is 9.10. The van der Waals surface area contributed by atoms with Crippen molar-refractivity contribution in [3.05, 3.63) is 35.7 Å². The molecular weight excluding hydrogens is 238 g/mol. The lowest BCUT2D eigenvalue weighted by Gasteiger charge is -2.00. The summed E-state index contributed by atoms with van der Waals surface area (Å²) in [5.41, 5.74) is 8.08. The Morgan fingerprint density at radius 1 is 1.42 bits per heavy atom. The molecular formula is C15H19N3O. The molecule has 1 aromatic heterocycles. The summed E-state index contributed by atoms with van der Waals surface area (Å²) in [5.74, 6) is 1.89. The van der Waals surface area contributed by atoms with Gasteiger partial charge < -0.3 is 10.3 Å². The van der Waals surface area contributed by atoms with E-state index < -0.39 is 0 Å². The summed E-state index contributed by atoms with van der Waals surface area (Å²) in [4.78, 5) is 4.53. The Kier molecular flexibility index (Phi) is 2.90. The van der Waals surface area contributed by atoms with Gasteiger partial charge in [-0.3, -0.25) is 0 Å². The quantitative estimate of drug-likeness (QED) is 0.914. The zero-order valence-corrected chi connectivity index (χ0v) is 11.4. The zero-order chi connectivity index (χ0) is 13.5. The highest BCUT2D eigenvalue weighted by molar-refractivity contribution is 5.54. The Morgan fingerprint density at radius 2 is 2.21 bits per heavy atom. The fourth-order valence-corrected chi connectivity index (χ4v) is 2.43. The standard InChI is InChI=1S/C15H19N3O/c1-15(2)9-12(15)13-17-14(19-18-13)11-5-3-4-10(8-11)6-7-16/h3-5,8,12H,6-7,9,16H2,1-2H3. The van der Waals surface area contributed by atoms with E-state index in [-0.39, 0.29) is 0 Å². The van der Waals surface area contributed by atoms with Crippen molar-refractivity contribution in [2.75, 3.05) is 6.54 Å². The van der Waals surface area contributed by atoms with E-state index in [1.54, 1.807) is 0 Å². The summed E-state index contributed by atoms with van der Waals surface area (Å²) in [6.07, 6.45) is 2.00. The minimum Gasteiger partial charge on any atom is -0.334 e. The summed E-state index contributed by atoms with van der Waals surface area (Å²) in [5, 5.41) is 4.12. The molecule has 1 aromatic carbocycles. The number of hydrogen-bond acceptors (Lipinski definition) is 4. The molecule has 0 aliphatic heterocycles. The maximum absolute atomic E-state index is 5.58. The molecule has 1 fully saturated rings. The topological polar surface area (TPSA) is 64.9 Å². The smallest absolute Gasteiger partial charge is 0.257 e. The van der Waals surface area contributed by atoms with Crippen LogP contribution in [0.4, 0.5) is 0 Å². The molecule has 1 atom stereocenters. The van der Waals surface area contributed by atoms with Gasteiger partial charge in [0.25, 0.3) is 5.89 Å². The largest absolute Gasteiger partial charge is 0.334 e. The van der Waals surface area contributed by atoms with Crippen molar-refractivity contribution in [1.29, 1.82) is 0 Å². The van der Waals surface area contributed by atoms with Crippen LogP contribution < -0.4 is 5.73 Å². The van der Waals surface area contributed by atoms with Crippen LogP contribution in [-0.2, 0) is 6.42 Å². The van der Waals surface area contributed by atoms with Crippen LogP contribution in [0.3, 0.4) is 0 Å². The lowest BCUT2D eigenvalue weighted by atomic mass is 10.1. The van der Waals surface area contributed by atoms with Crippen LogP contribution >= 0.6 is 0 Å². The maximum Gasteiger partial charge on any atom is 0.257 e. The first-order valence-corrected chi connectivity index (χ1v) is 6.73. The molecule has 2 aromatic rings. The van der Waals surface area contributed by atoms with E-state index in [0.717, 1.165) is 24.2 Å². The molecule has 0 radical (unpaired) electrons. The summed E-state index contributed by atoms with van der Waals surface area (Å²) in [7, 11) is 0. The highest BCUT2D eigenvalue weighted by Crippen LogP contribution is 2.57. The normalized spacial score (nSPS) is 20.5. The van der Waals surface area contributed by atoms with Crippen molar-refractivity contribution in [3.8, 4) is 11.5 Å². The van der Waals surface area contributed by atoms with Gasteiger partial charge in [-0.25, -0.2) is 0 Å². The molecule has 0 spiro atoms. The molecule has 100 valence electrons. The second-order valence-corrected chi connectivity index (χ2v) is 5.94. The van der Waals surface area contributed by atoms with E-state index in [0.29, 0.717) is 23.8 Å². The average molecular weight is 257 g/mol.